The number of fused-ring (bicyclic) bond motifs is 1. The lowest BCUT2D eigenvalue weighted by molar-refractivity contribution is 0.155. The van der Waals surface area contributed by atoms with Crippen LogP contribution in [-0.4, -0.2) is 9.67 Å². The first-order chi connectivity index (χ1) is 9.15. The largest absolute Gasteiger partial charge is 0.388 e. The summed E-state index contributed by atoms with van der Waals surface area (Å²) in [5, 5.41) is 10.1. The van der Waals surface area contributed by atoms with Gasteiger partial charge in [-0.15, -0.1) is 0 Å². The second kappa shape index (κ2) is 5.32. The minimum absolute atomic E-state index is 0.213. The maximum atomic E-state index is 10.1. The Balaban J connectivity index is 1.77. The molecule has 106 valence electrons. The predicted molar refractivity (Wildman–Crippen MR) is 78.2 cm³/mol. The first-order valence-corrected chi connectivity index (χ1v) is 8.02. The topological polar surface area (TPSA) is 25.2 Å². The highest BCUT2D eigenvalue weighted by Crippen LogP contribution is 2.35. The molecular weight excluding hydrogens is 234 g/mol. The molecule has 1 aromatic heterocycles. The van der Waals surface area contributed by atoms with E-state index in [1.54, 1.807) is 0 Å². The van der Waals surface area contributed by atoms with Crippen molar-refractivity contribution >= 4 is 0 Å². The fraction of sp³-hybridized carbons (Fsp3) is 0.765. The van der Waals surface area contributed by atoms with Gasteiger partial charge in [0.1, 0.15) is 0 Å². The minimum Gasteiger partial charge on any atom is -0.388 e. The minimum atomic E-state index is -0.213. The van der Waals surface area contributed by atoms with Crippen molar-refractivity contribution in [1.82, 2.24) is 4.57 Å². The van der Waals surface area contributed by atoms with E-state index in [2.05, 4.69) is 24.5 Å². The molecule has 1 atom stereocenters. The van der Waals surface area contributed by atoms with Crippen LogP contribution in [0.25, 0.3) is 0 Å². The lowest BCUT2D eigenvalue weighted by Crippen LogP contribution is -2.20. The zero-order valence-electron chi connectivity index (χ0n) is 12.4. The molecule has 1 aromatic rings. The van der Waals surface area contributed by atoms with Crippen molar-refractivity contribution in [3.63, 3.8) is 0 Å². The molecule has 3 rings (SSSR count). The second-order valence-electron chi connectivity index (χ2n) is 6.83. The normalized spacial score (nSPS) is 31.2. The molecule has 0 saturated heterocycles. The standard InChI is InChI=1S/C17H27NO/c1-12-6-8-14(9-7-12)11-18-13(2)10-15-16(18)4-3-5-17(15)19/h10,12,14,17,19H,3-9,11H2,1-2H3. The van der Waals surface area contributed by atoms with E-state index < -0.39 is 0 Å². The van der Waals surface area contributed by atoms with E-state index in [1.807, 2.05) is 0 Å². The fourth-order valence-electron chi connectivity index (χ4n) is 3.97. The van der Waals surface area contributed by atoms with Crippen molar-refractivity contribution in [3.05, 3.63) is 23.0 Å². The molecule has 0 aliphatic heterocycles. The summed E-state index contributed by atoms with van der Waals surface area (Å²) in [7, 11) is 0. The average molecular weight is 261 g/mol. The number of aliphatic hydroxyl groups excluding tert-OH is 1. The SMILES string of the molecule is Cc1cc2c(n1CC1CCC(C)CC1)CCCC2O. The highest BCUT2D eigenvalue weighted by molar-refractivity contribution is 5.31. The summed E-state index contributed by atoms with van der Waals surface area (Å²) in [6, 6.07) is 2.23. The van der Waals surface area contributed by atoms with Gasteiger partial charge in [-0.1, -0.05) is 19.8 Å². The van der Waals surface area contributed by atoms with Gasteiger partial charge in [0.05, 0.1) is 6.10 Å². The van der Waals surface area contributed by atoms with Crippen LogP contribution in [0.2, 0.25) is 0 Å². The molecule has 0 amide bonds. The molecule has 1 N–H and O–H groups in total. The van der Waals surface area contributed by atoms with Gasteiger partial charge in [-0.3, -0.25) is 0 Å². The summed E-state index contributed by atoms with van der Waals surface area (Å²) in [4.78, 5) is 0. The van der Waals surface area contributed by atoms with Gasteiger partial charge in [0, 0.05) is 23.5 Å². The van der Waals surface area contributed by atoms with E-state index in [-0.39, 0.29) is 6.10 Å². The Hall–Kier alpha value is -0.760. The zero-order chi connectivity index (χ0) is 13.4. The maximum Gasteiger partial charge on any atom is 0.0807 e. The Morgan fingerprint density at radius 2 is 1.95 bits per heavy atom. The van der Waals surface area contributed by atoms with Crippen molar-refractivity contribution in [2.24, 2.45) is 11.8 Å². The van der Waals surface area contributed by atoms with Gasteiger partial charge in [-0.25, -0.2) is 0 Å². The van der Waals surface area contributed by atoms with Gasteiger partial charge in [-0.2, -0.15) is 0 Å². The van der Waals surface area contributed by atoms with Crippen LogP contribution in [0.15, 0.2) is 6.07 Å². The zero-order valence-corrected chi connectivity index (χ0v) is 12.4. The molecule has 0 bridgehead atoms. The quantitative estimate of drug-likeness (QED) is 0.855. The molecule has 2 aliphatic rings. The third kappa shape index (κ3) is 2.60. The summed E-state index contributed by atoms with van der Waals surface area (Å²) in [6.07, 6.45) is 8.59. The number of aryl methyl sites for hydroxylation is 1. The van der Waals surface area contributed by atoms with E-state index in [0.29, 0.717) is 0 Å². The monoisotopic (exact) mass is 261 g/mol. The van der Waals surface area contributed by atoms with E-state index in [0.717, 1.165) is 31.1 Å². The Bertz CT molecular complexity index is 440. The molecule has 2 nitrogen and oxygen atoms in total. The van der Waals surface area contributed by atoms with Gasteiger partial charge in [0.2, 0.25) is 0 Å². The molecule has 1 unspecified atom stereocenters. The van der Waals surface area contributed by atoms with Crippen molar-refractivity contribution < 1.29 is 5.11 Å². The molecule has 2 aliphatic carbocycles. The second-order valence-corrected chi connectivity index (χ2v) is 6.83. The predicted octanol–water partition coefficient (Wildman–Crippen LogP) is 3.99. The molecule has 0 spiro atoms. The van der Waals surface area contributed by atoms with Crippen LogP contribution in [0.5, 0.6) is 0 Å². The molecule has 1 heterocycles. The summed E-state index contributed by atoms with van der Waals surface area (Å²) >= 11 is 0. The van der Waals surface area contributed by atoms with Crippen LogP contribution in [0.3, 0.4) is 0 Å². The number of aromatic nitrogens is 1. The van der Waals surface area contributed by atoms with Gasteiger partial charge in [0.15, 0.2) is 0 Å². The van der Waals surface area contributed by atoms with Crippen LogP contribution in [0.4, 0.5) is 0 Å². The molecule has 0 radical (unpaired) electrons. The molecule has 0 aromatic carbocycles. The lowest BCUT2D eigenvalue weighted by Gasteiger charge is -2.28. The van der Waals surface area contributed by atoms with Crippen LogP contribution in [0, 0.1) is 18.8 Å². The third-order valence-electron chi connectivity index (χ3n) is 5.28. The Morgan fingerprint density at radius 1 is 1.21 bits per heavy atom. The first-order valence-electron chi connectivity index (χ1n) is 8.02. The fourth-order valence-corrected chi connectivity index (χ4v) is 3.97. The highest BCUT2D eigenvalue weighted by atomic mass is 16.3. The Morgan fingerprint density at radius 3 is 2.68 bits per heavy atom. The van der Waals surface area contributed by atoms with Crippen LogP contribution >= 0.6 is 0 Å². The number of hydrogen-bond donors (Lipinski definition) is 1. The van der Waals surface area contributed by atoms with Gasteiger partial charge >= 0.3 is 0 Å². The van der Waals surface area contributed by atoms with Crippen molar-refractivity contribution in [1.29, 1.82) is 0 Å². The molecule has 19 heavy (non-hydrogen) atoms. The smallest absolute Gasteiger partial charge is 0.0807 e. The summed E-state index contributed by atoms with van der Waals surface area (Å²) in [6.45, 7) is 5.77. The summed E-state index contributed by atoms with van der Waals surface area (Å²) in [5.74, 6) is 1.78. The lowest BCUT2D eigenvalue weighted by atomic mass is 9.83. The molecule has 1 fully saturated rings. The number of aliphatic hydroxyl groups is 1. The van der Waals surface area contributed by atoms with Crippen molar-refractivity contribution in [3.8, 4) is 0 Å². The van der Waals surface area contributed by atoms with E-state index in [4.69, 9.17) is 0 Å². The highest BCUT2D eigenvalue weighted by Gasteiger charge is 2.25. The van der Waals surface area contributed by atoms with Gasteiger partial charge < -0.3 is 9.67 Å². The number of rotatable bonds is 2. The van der Waals surface area contributed by atoms with Crippen LogP contribution in [0.1, 0.15) is 68.5 Å². The third-order valence-corrected chi connectivity index (χ3v) is 5.28. The van der Waals surface area contributed by atoms with E-state index >= 15 is 0 Å². The first kappa shape index (κ1) is 13.2. The summed E-state index contributed by atoms with van der Waals surface area (Å²) < 4.78 is 2.51. The van der Waals surface area contributed by atoms with Crippen LogP contribution in [-0.2, 0) is 13.0 Å². The molecular formula is C17H27NO. The maximum absolute atomic E-state index is 10.1. The van der Waals surface area contributed by atoms with E-state index in [9.17, 15) is 5.11 Å². The van der Waals surface area contributed by atoms with Gasteiger partial charge in [0.25, 0.3) is 0 Å². The Labute approximate surface area is 116 Å². The Kier molecular flexibility index (Phi) is 3.70. The van der Waals surface area contributed by atoms with Crippen molar-refractivity contribution in [2.45, 2.75) is 71.4 Å². The average Bonchev–Trinajstić information content (AvgIpc) is 2.71. The van der Waals surface area contributed by atoms with Crippen LogP contribution < -0.4 is 0 Å². The molecule has 2 heteroatoms. The number of hydrogen-bond acceptors (Lipinski definition) is 1. The van der Waals surface area contributed by atoms with Crippen molar-refractivity contribution in [2.75, 3.05) is 0 Å². The summed E-state index contributed by atoms with van der Waals surface area (Å²) in [5.41, 5.74) is 3.99. The molecule has 1 saturated carbocycles. The van der Waals surface area contributed by atoms with E-state index in [1.165, 1.54) is 49.2 Å². The number of nitrogens with zero attached hydrogens (tertiary/aromatic N) is 1. The van der Waals surface area contributed by atoms with Gasteiger partial charge in [-0.05, 0) is 56.9 Å².